The molecule has 0 bridgehead atoms. The standard InChI is InChI=1S/C16H22N2O.ClH/c1-12-3-2-4-13(9-12)16(19)18-7-5-14-10-17-11-15(14)6-8-18;/h2-4,9,14-15,17H,5-8,10-11H2,1H3;1H/t14-,15+;. The van der Waals surface area contributed by atoms with Gasteiger partial charge in [-0.2, -0.15) is 0 Å². The van der Waals surface area contributed by atoms with Crippen LogP contribution >= 0.6 is 12.4 Å². The van der Waals surface area contributed by atoms with Gasteiger partial charge in [0.05, 0.1) is 0 Å². The number of amides is 1. The van der Waals surface area contributed by atoms with E-state index in [1.54, 1.807) is 0 Å². The molecule has 0 aliphatic carbocycles. The molecule has 2 fully saturated rings. The molecule has 3 nitrogen and oxygen atoms in total. The first-order valence-corrected chi connectivity index (χ1v) is 7.30. The number of rotatable bonds is 1. The van der Waals surface area contributed by atoms with E-state index in [0.717, 1.165) is 62.0 Å². The smallest absolute Gasteiger partial charge is 0.253 e. The first kappa shape index (κ1) is 15.3. The van der Waals surface area contributed by atoms with E-state index in [1.807, 2.05) is 36.1 Å². The van der Waals surface area contributed by atoms with E-state index in [2.05, 4.69) is 5.32 Å². The maximum atomic E-state index is 12.5. The predicted octanol–water partition coefficient (Wildman–Crippen LogP) is 2.49. The van der Waals surface area contributed by atoms with Crippen LogP contribution in [0.3, 0.4) is 0 Å². The van der Waals surface area contributed by atoms with Gasteiger partial charge >= 0.3 is 0 Å². The molecule has 1 N–H and O–H groups in total. The van der Waals surface area contributed by atoms with Gasteiger partial charge in [-0.25, -0.2) is 0 Å². The minimum Gasteiger partial charge on any atom is -0.339 e. The minimum atomic E-state index is 0. The van der Waals surface area contributed by atoms with E-state index in [0.29, 0.717) is 0 Å². The molecular weight excluding hydrogens is 272 g/mol. The third kappa shape index (κ3) is 3.15. The second kappa shape index (κ2) is 6.59. The van der Waals surface area contributed by atoms with Gasteiger partial charge in [0.2, 0.25) is 0 Å². The Hall–Kier alpha value is -1.06. The topological polar surface area (TPSA) is 32.3 Å². The zero-order chi connectivity index (χ0) is 13.2. The van der Waals surface area contributed by atoms with Crippen LogP contribution in [0.1, 0.15) is 28.8 Å². The predicted molar refractivity (Wildman–Crippen MR) is 83.4 cm³/mol. The Kier molecular flexibility index (Phi) is 5.06. The van der Waals surface area contributed by atoms with Gasteiger partial charge in [-0.3, -0.25) is 4.79 Å². The van der Waals surface area contributed by atoms with Gasteiger partial charge in [0, 0.05) is 18.7 Å². The lowest BCUT2D eigenvalue weighted by atomic mass is 9.92. The SMILES string of the molecule is Cc1cccc(C(=O)N2CC[C@@H]3CNC[C@@H]3CC2)c1.Cl. The fraction of sp³-hybridized carbons (Fsp3) is 0.562. The van der Waals surface area contributed by atoms with Crippen molar-refractivity contribution < 1.29 is 4.79 Å². The summed E-state index contributed by atoms with van der Waals surface area (Å²) in [4.78, 5) is 14.6. The van der Waals surface area contributed by atoms with Crippen molar-refractivity contribution in [2.45, 2.75) is 19.8 Å². The Labute approximate surface area is 127 Å². The average molecular weight is 295 g/mol. The van der Waals surface area contributed by atoms with Crippen molar-refractivity contribution in [1.29, 1.82) is 0 Å². The molecule has 2 saturated heterocycles. The minimum absolute atomic E-state index is 0. The monoisotopic (exact) mass is 294 g/mol. The lowest BCUT2D eigenvalue weighted by molar-refractivity contribution is 0.0758. The van der Waals surface area contributed by atoms with Gasteiger partial charge in [-0.05, 0) is 56.8 Å². The summed E-state index contributed by atoms with van der Waals surface area (Å²) in [5.41, 5.74) is 1.99. The third-order valence-corrected chi connectivity index (χ3v) is 4.57. The van der Waals surface area contributed by atoms with E-state index in [9.17, 15) is 4.79 Å². The molecular formula is C16H23ClN2O. The van der Waals surface area contributed by atoms with E-state index < -0.39 is 0 Å². The summed E-state index contributed by atoms with van der Waals surface area (Å²) in [5.74, 6) is 1.75. The van der Waals surface area contributed by atoms with Crippen molar-refractivity contribution >= 4 is 18.3 Å². The van der Waals surface area contributed by atoms with Crippen LogP contribution in [0.2, 0.25) is 0 Å². The summed E-state index contributed by atoms with van der Waals surface area (Å²) in [6.45, 7) is 6.13. The molecule has 2 heterocycles. The normalized spacial score (nSPS) is 25.6. The second-order valence-corrected chi connectivity index (χ2v) is 5.92. The van der Waals surface area contributed by atoms with Gasteiger partial charge in [-0.15, -0.1) is 12.4 Å². The summed E-state index contributed by atoms with van der Waals surface area (Å²) >= 11 is 0. The number of fused-ring (bicyclic) bond motifs is 1. The van der Waals surface area contributed by atoms with Gasteiger partial charge in [0.1, 0.15) is 0 Å². The average Bonchev–Trinajstić information content (AvgIpc) is 2.77. The van der Waals surface area contributed by atoms with Crippen LogP contribution in [-0.2, 0) is 0 Å². The number of hydrogen-bond donors (Lipinski definition) is 1. The van der Waals surface area contributed by atoms with Crippen molar-refractivity contribution in [3.8, 4) is 0 Å². The molecule has 2 atom stereocenters. The van der Waals surface area contributed by atoms with Gasteiger partial charge < -0.3 is 10.2 Å². The molecule has 0 radical (unpaired) electrons. The Morgan fingerprint density at radius 3 is 2.45 bits per heavy atom. The van der Waals surface area contributed by atoms with Crippen LogP contribution in [-0.4, -0.2) is 37.0 Å². The van der Waals surface area contributed by atoms with Gasteiger partial charge in [0.15, 0.2) is 0 Å². The Morgan fingerprint density at radius 2 is 1.85 bits per heavy atom. The van der Waals surface area contributed by atoms with Crippen LogP contribution in [0.4, 0.5) is 0 Å². The maximum absolute atomic E-state index is 12.5. The zero-order valence-corrected chi connectivity index (χ0v) is 12.8. The quantitative estimate of drug-likeness (QED) is 0.863. The number of halogens is 1. The van der Waals surface area contributed by atoms with E-state index in [1.165, 1.54) is 0 Å². The molecule has 1 aromatic carbocycles. The highest BCUT2D eigenvalue weighted by atomic mass is 35.5. The molecule has 2 aliphatic heterocycles. The van der Waals surface area contributed by atoms with Crippen molar-refractivity contribution in [2.75, 3.05) is 26.2 Å². The number of carbonyl (C=O) groups excluding carboxylic acids is 1. The zero-order valence-electron chi connectivity index (χ0n) is 12.0. The number of benzene rings is 1. The molecule has 1 aromatic rings. The van der Waals surface area contributed by atoms with Crippen LogP contribution in [0.5, 0.6) is 0 Å². The number of carbonyl (C=O) groups is 1. The molecule has 20 heavy (non-hydrogen) atoms. The van der Waals surface area contributed by atoms with E-state index in [-0.39, 0.29) is 18.3 Å². The van der Waals surface area contributed by atoms with Crippen LogP contribution < -0.4 is 5.32 Å². The van der Waals surface area contributed by atoms with Gasteiger partial charge in [-0.1, -0.05) is 17.7 Å². The maximum Gasteiger partial charge on any atom is 0.253 e. The number of nitrogens with one attached hydrogen (secondary N) is 1. The molecule has 0 saturated carbocycles. The number of hydrogen-bond acceptors (Lipinski definition) is 2. The van der Waals surface area contributed by atoms with Crippen LogP contribution in [0.25, 0.3) is 0 Å². The summed E-state index contributed by atoms with van der Waals surface area (Å²) in [6.07, 6.45) is 2.30. The highest BCUT2D eigenvalue weighted by Crippen LogP contribution is 2.27. The van der Waals surface area contributed by atoms with E-state index in [4.69, 9.17) is 0 Å². The summed E-state index contributed by atoms with van der Waals surface area (Å²) in [7, 11) is 0. The largest absolute Gasteiger partial charge is 0.339 e. The van der Waals surface area contributed by atoms with E-state index >= 15 is 0 Å². The lowest BCUT2D eigenvalue weighted by Crippen LogP contribution is -2.32. The Balaban J connectivity index is 0.00000147. The van der Waals surface area contributed by atoms with Crippen LogP contribution in [0, 0.1) is 18.8 Å². The third-order valence-electron chi connectivity index (χ3n) is 4.57. The molecule has 0 aromatic heterocycles. The molecule has 1 amide bonds. The molecule has 0 spiro atoms. The molecule has 2 aliphatic rings. The first-order chi connectivity index (χ1) is 9.24. The molecule has 0 unspecified atom stereocenters. The van der Waals surface area contributed by atoms with Crippen molar-refractivity contribution in [2.24, 2.45) is 11.8 Å². The number of nitrogens with zero attached hydrogens (tertiary/aromatic N) is 1. The first-order valence-electron chi connectivity index (χ1n) is 7.30. The van der Waals surface area contributed by atoms with Crippen LogP contribution in [0.15, 0.2) is 24.3 Å². The molecule has 3 rings (SSSR count). The van der Waals surface area contributed by atoms with Crippen molar-refractivity contribution in [1.82, 2.24) is 10.2 Å². The fourth-order valence-corrected chi connectivity index (χ4v) is 3.38. The lowest BCUT2D eigenvalue weighted by Gasteiger charge is -2.21. The summed E-state index contributed by atoms with van der Waals surface area (Å²) in [6, 6.07) is 7.94. The summed E-state index contributed by atoms with van der Waals surface area (Å²) < 4.78 is 0. The molecule has 110 valence electrons. The Morgan fingerprint density at radius 1 is 1.20 bits per heavy atom. The van der Waals surface area contributed by atoms with Crippen molar-refractivity contribution in [3.05, 3.63) is 35.4 Å². The van der Waals surface area contributed by atoms with Crippen molar-refractivity contribution in [3.63, 3.8) is 0 Å². The molecule has 4 heteroatoms. The number of aryl methyl sites for hydroxylation is 1. The Bertz CT molecular complexity index is 463. The number of likely N-dealkylation sites (tertiary alicyclic amines) is 1. The summed E-state index contributed by atoms with van der Waals surface area (Å²) in [5, 5.41) is 3.47. The highest BCUT2D eigenvalue weighted by molar-refractivity contribution is 5.94. The highest BCUT2D eigenvalue weighted by Gasteiger charge is 2.31. The fourth-order valence-electron chi connectivity index (χ4n) is 3.38. The second-order valence-electron chi connectivity index (χ2n) is 5.92. The van der Waals surface area contributed by atoms with Gasteiger partial charge in [0.25, 0.3) is 5.91 Å².